The van der Waals surface area contributed by atoms with Crippen LogP contribution in [0.25, 0.3) is 0 Å². The highest BCUT2D eigenvalue weighted by atomic mass is 16.5. The van der Waals surface area contributed by atoms with E-state index >= 15 is 0 Å². The number of hydrogen-bond acceptors (Lipinski definition) is 3. The van der Waals surface area contributed by atoms with E-state index in [9.17, 15) is 0 Å². The van der Waals surface area contributed by atoms with Crippen LogP contribution in [0.1, 0.15) is 22.7 Å². The first-order valence-electron chi connectivity index (χ1n) is 6.45. The van der Waals surface area contributed by atoms with Crippen molar-refractivity contribution in [2.45, 2.75) is 19.4 Å². The molecule has 1 unspecified atom stereocenters. The molecule has 1 N–H and O–H groups in total. The first-order valence-corrected chi connectivity index (χ1v) is 6.45. The fraction of sp³-hybridized carbons (Fsp3) is 0.312. The number of hydrogen-bond donors (Lipinski definition) is 1. The van der Waals surface area contributed by atoms with Gasteiger partial charge in [0.2, 0.25) is 0 Å². The van der Waals surface area contributed by atoms with Crippen LogP contribution in [-0.2, 0) is 6.42 Å². The maximum atomic E-state index is 5.30. The Morgan fingerprint density at radius 3 is 2.74 bits per heavy atom. The number of ether oxygens (including phenoxy) is 1. The van der Waals surface area contributed by atoms with Crippen LogP contribution in [0.2, 0.25) is 0 Å². The number of likely N-dealkylation sites (N-methyl/N-ethyl adjacent to an activating group) is 1. The maximum absolute atomic E-state index is 5.30. The lowest BCUT2D eigenvalue weighted by Gasteiger charge is -2.18. The van der Waals surface area contributed by atoms with Gasteiger partial charge in [0.25, 0.3) is 0 Å². The second kappa shape index (κ2) is 6.34. The van der Waals surface area contributed by atoms with Gasteiger partial charge in [-0.15, -0.1) is 0 Å². The van der Waals surface area contributed by atoms with E-state index in [0.29, 0.717) is 0 Å². The van der Waals surface area contributed by atoms with Gasteiger partial charge in [-0.3, -0.25) is 4.98 Å². The summed E-state index contributed by atoms with van der Waals surface area (Å²) in [5, 5.41) is 3.36. The lowest BCUT2D eigenvalue weighted by molar-refractivity contribution is 0.411. The van der Waals surface area contributed by atoms with Crippen LogP contribution < -0.4 is 10.1 Å². The minimum atomic E-state index is 0.286. The minimum Gasteiger partial charge on any atom is -0.496 e. The van der Waals surface area contributed by atoms with E-state index < -0.39 is 0 Å². The number of benzene rings is 1. The highest BCUT2D eigenvalue weighted by molar-refractivity contribution is 5.37. The predicted molar refractivity (Wildman–Crippen MR) is 77.5 cm³/mol. The number of rotatable bonds is 5. The normalized spacial score (nSPS) is 12.2. The van der Waals surface area contributed by atoms with Gasteiger partial charge >= 0.3 is 0 Å². The molecule has 1 aromatic carbocycles. The van der Waals surface area contributed by atoms with E-state index in [0.717, 1.165) is 17.7 Å². The van der Waals surface area contributed by atoms with Crippen molar-refractivity contribution in [1.29, 1.82) is 0 Å². The van der Waals surface area contributed by atoms with Crippen LogP contribution in [-0.4, -0.2) is 19.1 Å². The maximum Gasteiger partial charge on any atom is 0.121 e. The van der Waals surface area contributed by atoms with Gasteiger partial charge in [-0.25, -0.2) is 0 Å². The average Bonchev–Trinajstić information content (AvgIpc) is 2.46. The summed E-state index contributed by atoms with van der Waals surface area (Å²) in [5.41, 5.74) is 3.66. The van der Waals surface area contributed by atoms with E-state index in [4.69, 9.17) is 4.74 Å². The topological polar surface area (TPSA) is 34.2 Å². The van der Waals surface area contributed by atoms with Crippen LogP contribution in [0.5, 0.6) is 5.75 Å². The van der Waals surface area contributed by atoms with Crippen molar-refractivity contribution in [3.63, 3.8) is 0 Å². The van der Waals surface area contributed by atoms with Gasteiger partial charge in [0, 0.05) is 18.4 Å². The van der Waals surface area contributed by atoms with Crippen LogP contribution in [0, 0.1) is 6.92 Å². The summed E-state index contributed by atoms with van der Waals surface area (Å²) in [6.45, 7) is 2.07. The first-order chi connectivity index (χ1) is 9.24. The zero-order chi connectivity index (χ0) is 13.7. The Balaban J connectivity index is 2.20. The number of nitrogens with zero attached hydrogens (tertiary/aromatic N) is 1. The SMILES string of the molecule is CNC(Cc1cccnc1)c1ccc(OC)c(C)c1. The molecule has 3 heteroatoms. The van der Waals surface area contributed by atoms with E-state index in [2.05, 4.69) is 35.4 Å². The molecule has 0 saturated heterocycles. The van der Waals surface area contributed by atoms with Crippen LogP contribution in [0.4, 0.5) is 0 Å². The third-order valence-electron chi connectivity index (χ3n) is 3.33. The highest BCUT2D eigenvalue weighted by Gasteiger charge is 2.11. The molecule has 2 rings (SSSR count). The minimum absolute atomic E-state index is 0.286. The number of pyridine rings is 1. The molecule has 0 amide bonds. The molecular formula is C16H20N2O. The lowest BCUT2D eigenvalue weighted by atomic mass is 9.98. The Morgan fingerprint density at radius 2 is 2.16 bits per heavy atom. The molecule has 0 radical (unpaired) electrons. The molecule has 0 aliphatic carbocycles. The second-order valence-electron chi connectivity index (χ2n) is 4.64. The fourth-order valence-corrected chi connectivity index (χ4v) is 2.26. The van der Waals surface area contributed by atoms with Crippen molar-refractivity contribution in [2.75, 3.05) is 14.2 Å². The van der Waals surface area contributed by atoms with Crippen molar-refractivity contribution in [3.8, 4) is 5.75 Å². The number of nitrogens with one attached hydrogen (secondary N) is 1. The van der Waals surface area contributed by atoms with Gasteiger partial charge in [0.15, 0.2) is 0 Å². The van der Waals surface area contributed by atoms with E-state index in [1.165, 1.54) is 11.1 Å². The summed E-state index contributed by atoms with van der Waals surface area (Å²) in [4.78, 5) is 4.16. The quantitative estimate of drug-likeness (QED) is 0.893. The molecule has 0 fully saturated rings. The Morgan fingerprint density at radius 1 is 1.32 bits per heavy atom. The van der Waals surface area contributed by atoms with Gasteiger partial charge in [0.05, 0.1) is 7.11 Å². The fourth-order valence-electron chi connectivity index (χ4n) is 2.26. The van der Waals surface area contributed by atoms with Crippen molar-refractivity contribution >= 4 is 0 Å². The van der Waals surface area contributed by atoms with Gasteiger partial charge in [-0.1, -0.05) is 18.2 Å². The van der Waals surface area contributed by atoms with E-state index in [-0.39, 0.29) is 6.04 Å². The standard InChI is InChI=1S/C16H20N2O/c1-12-9-14(6-7-16(12)19-3)15(17-2)10-13-5-4-8-18-11-13/h4-9,11,15,17H,10H2,1-3H3. The summed E-state index contributed by atoms with van der Waals surface area (Å²) in [7, 11) is 3.69. The van der Waals surface area contributed by atoms with Crippen molar-refractivity contribution in [3.05, 3.63) is 59.4 Å². The summed E-state index contributed by atoms with van der Waals surface area (Å²) in [5.74, 6) is 0.931. The van der Waals surface area contributed by atoms with Crippen molar-refractivity contribution < 1.29 is 4.74 Å². The zero-order valence-electron chi connectivity index (χ0n) is 11.7. The number of aryl methyl sites for hydroxylation is 1. The molecule has 1 heterocycles. The van der Waals surface area contributed by atoms with Gasteiger partial charge in [0.1, 0.15) is 5.75 Å². The second-order valence-corrected chi connectivity index (χ2v) is 4.64. The smallest absolute Gasteiger partial charge is 0.121 e. The molecule has 0 aliphatic heterocycles. The third kappa shape index (κ3) is 3.32. The monoisotopic (exact) mass is 256 g/mol. The molecule has 0 bridgehead atoms. The van der Waals surface area contributed by atoms with E-state index in [1.807, 2.05) is 25.4 Å². The van der Waals surface area contributed by atoms with Gasteiger partial charge in [-0.2, -0.15) is 0 Å². The van der Waals surface area contributed by atoms with Gasteiger partial charge < -0.3 is 10.1 Å². The van der Waals surface area contributed by atoms with Crippen LogP contribution >= 0.6 is 0 Å². The first kappa shape index (κ1) is 13.6. The summed E-state index contributed by atoms with van der Waals surface area (Å²) < 4.78 is 5.30. The Kier molecular flexibility index (Phi) is 4.53. The molecule has 100 valence electrons. The highest BCUT2D eigenvalue weighted by Crippen LogP contribution is 2.24. The third-order valence-corrected chi connectivity index (χ3v) is 3.33. The van der Waals surface area contributed by atoms with Gasteiger partial charge in [-0.05, 0) is 49.2 Å². The molecule has 2 aromatic rings. The van der Waals surface area contributed by atoms with Crippen molar-refractivity contribution in [2.24, 2.45) is 0 Å². The molecule has 0 spiro atoms. The predicted octanol–water partition coefficient (Wildman–Crippen LogP) is 2.90. The molecular weight excluding hydrogens is 236 g/mol. The Bertz CT molecular complexity index is 526. The molecule has 1 aromatic heterocycles. The van der Waals surface area contributed by atoms with E-state index in [1.54, 1.807) is 13.3 Å². The molecule has 1 atom stereocenters. The molecule has 0 saturated carbocycles. The summed E-state index contributed by atoms with van der Waals surface area (Å²) in [6.07, 6.45) is 4.65. The molecule has 0 aliphatic rings. The van der Waals surface area contributed by atoms with Crippen LogP contribution in [0.15, 0.2) is 42.7 Å². The zero-order valence-corrected chi connectivity index (χ0v) is 11.7. The molecule has 3 nitrogen and oxygen atoms in total. The largest absolute Gasteiger partial charge is 0.496 e. The number of aromatic nitrogens is 1. The van der Waals surface area contributed by atoms with Crippen LogP contribution in [0.3, 0.4) is 0 Å². The summed E-state index contributed by atoms with van der Waals surface area (Å²) >= 11 is 0. The molecule has 19 heavy (non-hydrogen) atoms. The van der Waals surface area contributed by atoms with Crippen molar-refractivity contribution in [1.82, 2.24) is 10.3 Å². The number of methoxy groups -OCH3 is 1. The average molecular weight is 256 g/mol. The summed E-state index contributed by atoms with van der Waals surface area (Å²) in [6, 6.07) is 10.7. The Labute approximate surface area is 114 Å². The lowest BCUT2D eigenvalue weighted by Crippen LogP contribution is -2.19. The Hall–Kier alpha value is -1.87.